The molecule has 6 heavy (non-hydrogen) atoms. The van der Waals surface area contributed by atoms with Crippen molar-refractivity contribution in [3.63, 3.8) is 0 Å². The van der Waals surface area contributed by atoms with Crippen LogP contribution in [-0.2, 0) is 10.5 Å². The Morgan fingerprint density at radius 1 is 1.67 bits per heavy atom. The molecule has 0 aromatic carbocycles. The van der Waals surface area contributed by atoms with E-state index in [1.54, 1.807) is 0 Å². The fourth-order valence-electron chi connectivity index (χ4n) is 0. The molecule has 0 unspecified atom stereocenters. The predicted octanol–water partition coefficient (Wildman–Crippen LogP) is -3.12. The van der Waals surface area contributed by atoms with Crippen LogP contribution in [-0.4, -0.2) is 13.0 Å². The maximum atomic E-state index is 10.2. The van der Waals surface area contributed by atoms with E-state index in [1.165, 1.54) is 0 Å². The van der Waals surface area contributed by atoms with Crippen molar-refractivity contribution in [3.8, 4) is 0 Å². The second-order valence-electron chi connectivity index (χ2n) is 0.412. The zero-order valence-corrected chi connectivity index (χ0v) is 10.1. The summed E-state index contributed by atoms with van der Waals surface area (Å²) < 4.78 is 34.1. The van der Waals surface area contributed by atoms with Crippen molar-refractivity contribution in [3.05, 3.63) is 0 Å². The molecule has 0 fully saturated rings. The summed E-state index contributed by atoms with van der Waals surface area (Å²) in [6.45, 7) is 0. The average Bonchev–Trinajstić information content (AvgIpc) is 0.722. The van der Waals surface area contributed by atoms with Crippen LogP contribution in [0.2, 0.25) is 0 Å². The molecule has 0 saturated heterocycles. The molecule has 0 bridgehead atoms. The molecule has 34 valence electrons. The molecule has 0 rings (SSSR count). The zero-order valence-electron chi connectivity index (χ0n) is 4.05. The van der Waals surface area contributed by atoms with Gasteiger partial charge in [0.15, 0.2) is 0 Å². The summed E-state index contributed by atoms with van der Waals surface area (Å²) in [6.07, 6.45) is 0. The van der Waals surface area contributed by atoms with Crippen LogP contribution in [0.25, 0.3) is 0 Å². The number of hydrogen-bond acceptors (Lipinski definition) is 2. The van der Waals surface area contributed by atoms with Gasteiger partial charge in [0.25, 0.3) is 0 Å². The van der Waals surface area contributed by atoms with Crippen molar-refractivity contribution in [2.75, 3.05) is 0 Å². The van der Waals surface area contributed by atoms with Gasteiger partial charge < -0.3 is 1.43 Å². The minimum atomic E-state index is -5.17. The number of rotatable bonds is 0. The third-order valence-electron chi connectivity index (χ3n) is 0. The predicted molar refractivity (Wildman–Crippen MR) is 13.8 cm³/mol. The SMILES string of the molecule is O=S(=O)(O)F.[Cs+].[H-]. The van der Waals surface area contributed by atoms with Gasteiger partial charge in [0.05, 0.1) is 0 Å². The fraction of sp³-hybridized carbons (Fsp3) is 0. The van der Waals surface area contributed by atoms with Gasteiger partial charge >= 0.3 is 79.4 Å². The van der Waals surface area contributed by atoms with Crippen molar-refractivity contribution >= 4 is 10.5 Å². The Balaban J connectivity index is -0.0000000800. The van der Waals surface area contributed by atoms with Crippen LogP contribution >= 0.6 is 0 Å². The number of halogens is 1. The summed E-state index contributed by atoms with van der Waals surface area (Å²) in [5.74, 6) is 0. The van der Waals surface area contributed by atoms with Gasteiger partial charge in [-0.15, -0.1) is 0 Å². The molecule has 0 aliphatic heterocycles. The van der Waals surface area contributed by atoms with Crippen LogP contribution in [0, 0.1) is 0 Å². The van der Waals surface area contributed by atoms with Crippen LogP contribution in [0.3, 0.4) is 0 Å². The van der Waals surface area contributed by atoms with E-state index in [0.29, 0.717) is 0 Å². The largest absolute Gasteiger partial charge is 1.00 e. The van der Waals surface area contributed by atoms with E-state index >= 15 is 0 Å². The summed E-state index contributed by atoms with van der Waals surface area (Å²) in [4.78, 5) is 0. The van der Waals surface area contributed by atoms with Crippen molar-refractivity contribution < 1.29 is 87.2 Å². The maximum Gasteiger partial charge on any atom is 1.00 e. The van der Waals surface area contributed by atoms with Gasteiger partial charge in [0.1, 0.15) is 0 Å². The Kier molecular flexibility index (Phi) is 6.91. The standard InChI is InChI=1S/Cs.FHO3S.H/c;1-5(2,3)4;/h;(H,2,3,4);/q+1;;-1. The van der Waals surface area contributed by atoms with Crippen molar-refractivity contribution in [2.45, 2.75) is 0 Å². The van der Waals surface area contributed by atoms with Crippen LogP contribution in [0.4, 0.5) is 3.89 Å². The Morgan fingerprint density at radius 2 is 1.67 bits per heavy atom. The summed E-state index contributed by atoms with van der Waals surface area (Å²) in [7, 11) is -5.17. The van der Waals surface area contributed by atoms with E-state index in [-0.39, 0.29) is 70.3 Å². The third-order valence-corrected chi connectivity index (χ3v) is 0. The Hall–Kier alpha value is 1.89. The van der Waals surface area contributed by atoms with E-state index in [2.05, 4.69) is 0 Å². The van der Waals surface area contributed by atoms with Gasteiger partial charge in [-0.25, -0.2) is 0 Å². The normalized spacial score (nSPS) is 9.67. The molecule has 0 amide bonds. The molecule has 0 aliphatic rings. The molecule has 0 saturated carbocycles. The quantitative estimate of drug-likeness (QED) is 0.356. The molecule has 0 aliphatic carbocycles. The molecule has 0 spiro atoms. The van der Waals surface area contributed by atoms with Gasteiger partial charge in [-0.05, 0) is 0 Å². The molecular weight excluding hydrogens is 232 g/mol. The molecule has 0 aromatic heterocycles. The monoisotopic (exact) mass is 234 g/mol. The summed E-state index contributed by atoms with van der Waals surface area (Å²) in [5, 5.41) is 0. The first-order valence-electron chi connectivity index (χ1n) is 0.670. The first-order chi connectivity index (χ1) is 2.00. The second kappa shape index (κ2) is 3.84. The molecular formula is H2CsFO3S. The van der Waals surface area contributed by atoms with Gasteiger partial charge in [-0.2, -0.15) is 8.42 Å². The van der Waals surface area contributed by atoms with Crippen LogP contribution in [0.5, 0.6) is 0 Å². The molecule has 0 atom stereocenters. The summed E-state index contributed by atoms with van der Waals surface area (Å²) >= 11 is 0. The topological polar surface area (TPSA) is 54.4 Å². The number of hydrogen-bond donors (Lipinski definition) is 1. The van der Waals surface area contributed by atoms with Crippen LogP contribution in [0.1, 0.15) is 1.43 Å². The Bertz CT molecular complexity index is 98.1. The van der Waals surface area contributed by atoms with Crippen molar-refractivity contribution in [1.29, 1.82) is 0 Å². The maximum absolute atomic E-state index is 10.2. The van der Waals surface area contributed by atoms with Crippen molar-refractivity contribution in [2.24, 2.45) is 0 Å². The van der Waals surface area contributed by atoms with Crippen LogP contribution in [0.15, 0.2) is 0 Å². The van der Waals surface area contributed by atoms with Gasteiger partial charge in [0.2, 0.25) is 0 Å². The molecule has 6 heteroatoms. The molecule has 0 heterocycles. The van der Waals surface area contributed by atoms with E-state index in [4.69, 9.17) is 13.0 Å². The molecule has 0 radical (unpaired) electrons. The van der Waals surface area contributed by atoms with E-state index in [9.17, 15) is 3.89 Å². The van der Waals surface area contributed by atoms with Crippen molar-refractivity contribution in [1.82, 2.24) is 0 Å². The molecule has 3 nitrogen and oxygen atoms in total. The Labute approximate surface area is 95.3 Å². The average molecular weight is 234 g/mol. The van der Waals surface area contributed by atoms with E-state index in [1.807, 2.05) is 0 Å². The smallest absolute Gasteiger partial charge is 1.00 e. The first kappa shape index (κ1) is 10.8. The molecule has 0 aromatic rings. The second-order valence-corrected chi connectivity index (χ2v) is 1.24. The Morgan fingerprint density at radius 3 is 1.67 bits per heavy atom. The first-order valence-corrected chi connectivity index (χ1v) is 2.01. The summed E-state index contributed by atoms with van der Waals surface area (Å²) in [5.41, 5.74) is 0. The van der Waals surface area contributed by atoms with Gasteiger partial charge in [-0.3, -0.25) is 4.55 Å². The summed E-state index contributed by atoms with van der Waals surface area (Å²) in [6, 6.07) is 0. The van der Waals surface area contributed by atoms with Gasteiger partial charge in [-0.1, -0.05) is 3.89 Å². The van der Waals surface area contributed by atoms with Gasteiger partial charge in [0, 0.05) is 0 Å². The third kappa shape index (κ3) is 39.4. The van der Waals surface area contributed by atoms with E-state index < -0.39 is 10.5 Å². The minimum Gasteiger partial charge on any atom is -1.00 e. The fourth-order valence-corrected chi connectivity index (χ4v) is 0. The van der Waals surface area contributed by atoms with E-state index in [0.717, 1.165) is 0 Å². The minimum absolute atomic E-state index is 0. The zero-order chi connectivity index (χ0) is 4.50. The molecule has 1 N–H and O–H groups in total. The van der Waals surface area contributed by atoms with Crippen LogP contribution < -0.4 is 68.9 Å².